The average molecular weight is 229 g/mol. The van der Waals surface area contributed by atoms with Crippen LogP contribution in [0.3, 0.4) is 0 Å². The number of hydrogen-bond donors (Lipinski definition) is 2. The van der Waals surface area contributed by atoms with Crippen LogP contribution in [0.1, 0.15) is 6.92 Å². The highest BCUT2D eigenvalue weighted by molar-refractivity contribution is 8.22. The van der Waals surface area contributed by atoms with Gasteiger partial charge in [-0.25, -0.2) is 0 Å². The van der Waals surface area contributed by atoms with Gasteiger partial charge in [0.15, 0.2) is 0 Å². The van der Waals surface area contributed by atoms with E-state index in [1.54, 1.807) is 13.2 Å². The minimum Gasteiger partial charge on any atom is -0.367 e. The third-order valence-corrected chi connectivity index (χ3v) is 3.04. The van der Waals surface area contributed by atoms with Gasteiger partial charge < -0.3 is 5.32 Å². The quantitative estimate of drug-likeness (QED) is 0.543. The maximum absolute atomic E-state index is 10.4. The van der Waals surface area contributed by atoms with Crippen LogP contribution in [0.4, 0.5) is 0 Å². The van der Waals surface area contributed by atoms with Crippen molar-refractivity contribution in [3.8, 4) is 0 Å². The molecule has 0 bridgehead atoms. The van der Waals surface area contributed by atoms with E-state index in [9.17, 15) is 8.42 Å². The molecule has 0 spiro atoms. The van der Waals surface area contributed by atoms with Crippen LogP contribution in [0.15, 0.2) is 0 Å². The SMILES string of the molecule is CSC(=S)NC(C)CS(=O)(=O)O. The summed E-state index contributed by atoms with van der Waals surface area (Å²) in [6.07, 6.45) is 1.79. The Balaban J connectivity index is 3.91. The van der Waals surface area contributed by atoms with Crippen LogP contribution in [0.2, 0.25) is 0 Å². The van der Waals surface area contributed by atoms with Crippen molar-refractivity contribution in [3.05, 3.63) is 0 Å². The molecule has 1 atom stereocenters. The number of hydrogen-bond acceptors (Lipinski definition) is 4. The number of thioether (sulfide) groups is 1. The molecule has 0 radical (unpaired) electrons. The standard InChI is InChI=1S/C5H11NO3S3/c1-4(3-12(7,8)9)6-5(10)11-2/h4H,3H2,1-2H3,(H,6,10)(H,7,8,9). The molecule has 0 aliphatic carbocycles. The first-order valence-corrected chi connectivity index (χ1v) is 6.39. The van der Waals surface area contributed by atoms with Gasteiger partial charge in [0.25, 0.3) is 10.1 Å². The van der Waals surface area contributed by atoms with Crippen molar-refractivity contribution in [3.63, 3.8) is 0 Å². The first-order valence-electron chi connectivity index (χ1n) is 3.15. The Hall–Kier alpha value is 0.150. The summed E-state index contributed by atoms with van der Waals surface area (Å²) in [5, 5.41) is 2.74. The number of nitrogens with one attached hydrogen (secondary N) is 1. The largest absolute Gasteiger partial charge is 0.367 e. The molecule has 0 saturated heterocycles. The summed E-state index contributed by atoms with van der Waals surface area (Å²) in [5.74, 6) is -0.326. The summed E-state index contributed by atoms with van der Waals surface area (Å²) in [4.78, 5) is 0. The summed E-state index contributed by atoms with van der Waals surface area (Å²) in [6, 6.07) is -0.361. The normalized spacial score (nSPS) is 13.9. The zero-order valence-electron chi connectivity index (χ0n) is 6.77. The Morgan fingerprint density at radius 3 is 2.58 bits per heavy atom. The lowest BCUT2D eigenvalue weighted by Gasteiger charge is -2.12. The molecule has 2 N–H and O–H groups in total. The fourth-order valence-corrected chi connectivity index (χ4v) is 1.85. The van der Waals surface area contributed by atoms with Gasteiger partial charge in [0, 0.05) is 6.04 Å². The van der Waals surface area contributed by atoms with E-state index in [4.69, 9.17) is 16.8 Å². The molecule has 7 heteroatoms. The molecule has 12 heavy (non-hydrogen) atoms. The monoisotopic (exact) mass is 229 g/mol. The molecule has 72 valence electrons. The van der Waals surface area contributed by atoms with E-state index in [0.29, 0.717) is 4.32 Å². The summed E-state index contributed by atoms with van der Waals surface area (Å²) in [6.45, 7) is 1.64. The summed E-state index contributed by atoms with van der Waals surface area (Å²) < 4.78 is 29.7. The predicted octanol–water partition coefficient (Wildman–Crippen LogP) is 0.500. The lowest BCUT2D eigenvalue weighted by Crippen LogP contribution is -2.34. The van der Waals surface area contributed by atoms with E-state index in [-0.39, 0.29) is 11.8 Å². The summed E-state index contributed by atoms with van der Waals surface area (Å²) in [5.41, 5.74) is 0. The first-order chi connectivity index (χ1) is 5.35. The van der Waals surface area contributed by atoms with Gasteiger partial charge in [-0.15, -0.1) is 11.8 Å². The molecular formula is C5H11NO3S3. The van der Waals surface area contributed by atoms with Gasteiger partial charge in [0.1, 0.15) is 4.32 Å². The zero-order chi connectivity index (χ0) is 9.78. The highest BCUT2D eigenvalue weighted by Crippen LogP contribution is 1.97. The van der Waals surface area contributed by atoms with E-state index < -0.39 is 10.1 Å². The Morgan fingerprint density at radius 2 is 2.25 bits per heavy atom. The van der Waals surface area contributed by atoms with Gasteiger partial charge >= 0.3 is 0 Å². The van der Waals surface area contributed by atoms with Crippen LogP contribution in [-0.2, 0) is 10.1 Å². The minimum atomic E-state index is -3.91. The van der Waals surface area contributed by atoms with Crippen LogP contribution in [-0.4, -0.2) is 35.3 Å². The topological polar surface area (TPSA) is 66.4 Å². The highest BCUT2D eigenvalue weighted by Gasteiger charge is 2.12. The second-order valence-corrected chi connectivity index (χ2v) is 5.27. The van der Waals surface area contributed by atoms with E-state index in [1.165, 1.54) is 11.8 Å². The fourth-order valence-electron chi connectivity index (χ4n) is 0.618. The zero-order valence-corrected chi connectivity index (χ0v) is 9.22. The lowest BCUT2D eigenvalue weighted by atomic mass is 10.4. The van der Waals surface area contributed by atoms with E-state index >= 15 is 0 Å². The summed E-state index contributed by atoms with van der Waals surface area (Å²) >= 11 is 6.12. The number of rotatable bonds is 3. The molecule has 0 fully saturated rings. The van der Waals surface area contributed by atoms with Crippen molar-refractivity contribution in [1.82, 2.24) is 5.32 Å². The lowest BCUT2D eigenvalue weighted by molar-refractivity contribution is 0.476. The van der Waals surface area contributed by atoms with Crippen LogP contribution < -0.4 is 5.32 Å². The molecule has 0 heterocycles. The Kier molecular flexibility index (Phi) is 5.07. The van der Waals surface area contributed by atoms with E-state index in [0.717, 1.165) is 0 Å². The molecule has 0 rings (SSSR count). The van der Waals surface area contributed by atoms with Crippen LogP contribution >= 0.6 is 24.0 Å². The average Bonchev–Trinajstić information content (AvgIpc) is 1.82. The van der Waals surface area contributed by atoms with Crippen molar-refractivity contribution in [2.24, 2.45) is 0 Å². The minimum absolute atomic E-state index is 0.326. The van der Waals surface area contributed by atoms with Crippen molar-refractivity contribution in [2.45, 2.75) is 13.0 Å². The Bertz CT molecular complexity index is 249. The van der Waals surface area contributed by atoms with Crippen LogP contribution in [0, 0.1) is 0 Å². The van der Waals surface area contributed by atoms with Gasteiger partial charge in [-0.1, -0.05) is 12.2 Å². The molecule has 0 aliphatic heterocycles. The van der Waals surface area contributed by atoms with Crippen molar-refractivity contribution < 1.29 is 13.0 Å². The molecule has 1 unspecified atom stereocenters. The summed E-state index contributed by atoms with van der Waals surface area (Å²) in [7, 11) is -3.91. The van der Waals surface area contributed by atoms with Crippen molar-refractivity contribution >= 4 is 38.4 Å². The maximum Gasteiger partial charge on any atom is 0.266 e. The maximum atomic E-state index is 10.4. The van der Waals surface area contributed by atoms with Gasteiger partial charge in [-0.3, -0.25) is 4.55 Å². The van der Waals surface area contributed by atoms with Gasteiger partial charge in [0.05, 0.1) is 5.75 Å². The second-order valence-electron chi connectivity index (χ2n) is 2.29. The van der Waals surface area contributed by atoms with Gasteiger partial charge in [-0.05, 0) is 13.2 Å². The fraction of sp³-hybridized carbons (Fsp3) is 0.800. The van der Waals surface area contributed by atoms with Crippen LogP contribution in [0.5, 0.6) is 0 Å². The first kappa shape index (κ1) is 12.2. The molecular weight excluding hydrogens is 218 g/mol. The van der Waals surface area contributed by atoms with E-state index in [2.05, 4.69) is 5.32 Å². The second kappa shape index (κ2) is 5.00. The Morgan fingerprint density at radius 1 is 1.75 bits per heavy atom. The molecule has 0 aromatic carbocycles. The molecule has 4 nitrogen and oxygen atoms in total. The molecule has 0 saturated carbocycles. The van der Waals surface area contributed by atoms with Gasteiger partial charge in [-0.2, -0.15) is 8.42 Å². The van der Waals surface area contributed by atoms with E-state index in [1.807, 2.05) is 0 Å². The molecule has 0 aliphatic rings. The third-order valence-electron chi connectivity index (χ3n) is 1.01. The van der Waals surface area contributed by atoms with Crippen molar-refractivity contribution in [1.29, 1.82) is 0 Å². The van der Waals surface area contributed by atoms with Crippen LogP contribution in [0.25, 0.3) is 0 Å². The predicted molar refractivity (Wildman–Crippen MR) is 55.1 cm³/mol. The number of thiocarbonyl (C=S) groups is 1. The van der Waals surface area contributed by atoms with Gasteiger partial charge in [0.2, 0.25) is 0 Å². The van der Waals surface area contributed by atoms with Crippen molar-refractivity contribution in [2.75, 3.05) is 12.0 Å². The molecule has 0 aromatic rings. The highest BCUT2D eigenvalue weighted by atomic mass is 32.2. The Labute approximate surface area is 81.9 Å². The smallest absolute Gasteiger partial charge is 0.266 e. The molecule has 0 aromatic heterocycles. The molecule has 0 amide bonds. The third kappa shape index (κ3) is 6.84.